The van der Waals surface area contributed by atoms with E-state index in [0.717, 1.165) is 0 Å². The molecule has 0 bridgehead atoms. The molecule has 80 valence electrons. The molecule has 1 fully saturated rings. The Balaban J connectivity index is 2.39. The summed E-state index contributed by atoms with van der Waals surface area (Å²) in [7, 11) is 0. The summed E-state index contributed by atoms with van der Waals surface area (Å²) in [6.45, 7) is 1.42. The van der Waals surface area contributed by atoms with Crippen LogP contribution in [0.2, 0.25) is 0 Å². The molecule has 1 amide bonds. The number of aliphatic hydroxyl groups is 1. The van der Waals surface area contributed by atoms with Crippen molar-refractivity contribution in [3.8, 4) is 0 Å². The first-order valence-electron chi connectivity index (χ1n) is 4.72. The molecule has 0 heterocycles. The second-order valence-corrected chi connectivity index (χ2v) is 3.73. The van der Waals surface area contributed by atoms with Crippen molar-refractivity contribution in [2.24, 2.45) is 5.92 Å². The van der Waals surface area contributed by atoms with Crippen LogP contribution in [0.3, 0.4) is 0 Å². The largest absolute Gasteiger partial charge is 0.480 e. The Bertz CT molecular complexity index is 241. The summed E-state index contributed by atoms with van der Waals surface area (Å²) < 4.78 is 0. The number of rotatable bonds is 3. The average molecular weight is 201 g/mol. The second kappa shape index (κ2) is 4.41. The number of carbonyl (C=O) groups excluding carboxylic acids is 1. The first-order valence-corrected chi connectivity index (χ1v) is 4.72. The third kappa shape index (κ3) is 2.70. The highest BCUT2D eigenvalue weighted by molar-refractivity contribution is 5.84. The Morgan fingerprint density at radius 3 is 2.50 bits per heavy atom. The number of nitrogens with one attached hydrogen (secondary N) is 1. The van der Waals surface area contributed by atoms with Gasteiger partial charge in [0.15, 0.2) is 0 Å². The lowest BCUT2D eigenvalue weighted by Crippen LogP contribution is -2.41. The molecule has 3 atom stereocenters. The normalized spacial score (nSPS) is 28.4. The molecule has 1 aliphatic rings. The van der Waals surface area contributed by atoms with Crippen LogP contribution in [0, 0.1) is 5.92 Å². The third-order valence-electron chi connectivity index (χ3n) is 2.50. The predicted octanol–water partition coefficient (Wildman–Crippen LogP) is -0.263. The molecular weight excluding hydrogens is 186 g/mol. The molecular formula is C9H15NO4. The van der Waals surface area contributed by atoms with E-state index in [2.05, 4.69) is 5.32 Å². The minimum absolute atomic E-state index is 0.230. The molecule has 0 aromatic heterocycles. The van der Waals surface area contributed by atoms with Crippen LogP contribution in [-0.4, -0.2) is 34.2 Å². The minimum Gasteiger partial charge on any atom is -0.480 e. The van der Waals surface area contributed by atoms with Crippen LogP contribution in [0.15, 0.2) is 0 Å². The van der Waals surface area contributed by atoms with Gasteiger partial charge in [-0.15, -0.1) is 0 Å². The number of aliphatic carboxylic acids is 1. The fourth-order valence-corrected chi connectivity index (χ4v) is 1.59. The van der Waals surface area contributed by atoms with Crippen molar-refractivity contribution >= 4 is 11.9 Å². The minimum atomic E-state index is -1.04. The fourth-order valence-electron chi connectivity index (χ4n) is 1.59. The van der Waals surface area contributed by atoms with E-state index in [1.807, 2.05) is 0 Å². The monoisotopic (exact) mass is 201 g/mol. The van der Waals surface area contributed by atoms with E-state index in [-0.39, 0.29) is 11.8 Å². The van der Waals surface area contributed by atoms with Crippen LogP contribution >= 0.6 is 0 Å². The number of aliphatic hydroxyl groups excluding tert-OH is 1. The van der Waals surface area contributed by atoms with Gasteiger partial charge in [-0.1, -0.05) is 0 Å². The Kier molecular flexibility index (Phi) is 3.46. The van der Waals surface area contributed by atoms with Crippen molar-refractivity contribution in [2.75, 3.05) is 0 Å². The first-order chi connectivity index (χ1) is 6.50. The van der Waals surface area contributed by atoms with Crippen LogP contribution in [0.5, 0.6) is 0 Å². The van der Waals surface area contributed by atoms with Gasteiger partial charge in [0.1, 0.15) is 6.04 Å². The van der Waals surface area contributed by atoms with E-state index in [1.54, 1.807) is 0 Å². The molecule has 0 aromatic carbocycles. The number of carboxylic acids is 1. The molecule has 0 saturated heterocycles. The maximum absolute atomic E-state index is 11.4. The van der Waals surface area contributed by atoms with Gasteiger partial charge in [0, 0.05) is 5.92 Å². The van der Waals surface area contributed by atoms with Gasteiger partial charge in [0.2, 0.25) is 5.91 Å². The molecule has 1 rings (SSSR count). The quantitative estimate of drug-likeness (QED) is 0.587. The van der Waals surface area contributed by atoms with Crippen molar-refractivity contribution in [3.63, 3.8) is 0 Å². The highest BCUT2D eigenvalue weighted by Crippen LogP contribution is 2.25. The standard InChI is InChI=1S/C9H15NO4/c1-5(9(13)14)10-8(12)6-2-3-7(11)4-6/h5-7,11H,2-4H2,1H3,(H,10,12)(H,13,14)/t5?,6-,7-/m1/s1. The van der Waals surface area contributed by atoms with E-state index in [4.69, 9.17) is 5.11 Å². The first kappa shape index (κ1) is 11.0. The topological polar surface area (TPSA) is 86.6 Å². The Morgan fingerprint density at radius 2 is 2.07 bits per heavy atom. The zero-order valence-corrected chi connectivity index (χ0v) is 8.06. The second-order valence-electron chi connectivity index (χ2n) is 3.73. The van der Waals surface area contributed by atoms with Gasteiger partial charge in [-0.25, -0.2) is 0 Å². The van der Waals surface area contributed by atoms with E-state index < -0.39 is 18.1 Å². The summed E-state index contributed by atoms with van der Waals surface area (Å²) in [6, 6.07) is -0.861. The smallest absolute Gasteiger partial charge is 0.325 e. The number of carboxylic acid groups (broad SMARTS) is 1. The fraction of sp³-hybridized carbons (Fsp3) is 0.778. The van der Waals surface area contributed by atoms with E-state index in [0.29, 0.717) is 19.3 Å². The summed E-state index contributed by atoms with van der Waals surface area (Å²) in [4.78, 5) is 21.9. The van der Waals surface area contributed by atoms with Crippen molar-refractivity contribution in [2.45, 2.75) is 38.3 Å². The SMILES string of the molecule is CC(NC(=O)[C@@H]1CC[C@@H](O)C1)C(=O)O. The molecule has 1 unspecified atom stereocenters. The zero-order valence-electron chi connectivity index (χ0n) is 8.06. The van der Waals surface area contributed by atoms with Crippen molar-refractivity contribution in [3.05, 3.63) is 0 Å². The van der Waals surface area contributed by atoms with Gasteiger partial charge >= 0.3 is 5.97 Å². The molecule has 14 heavy (non-hydrogen) atoms. The maximum Gasteiger partial charge on any atom is 0.325 e. The number of hydrogen-bond acceptors (Lipinski definition) is 3. The van der Waals surface area contributed by atoms with Crippen LogP contribution in [0.1, 0.15) is 26.2 Å². The number of carbonyl (C=O) groups is 2. The molecule has 0 spiro atoms. The van der Waals surface area contributed by atoms with Crippen LogP contribution < -0.4 is 5.32 Å². The van der Waals surface area contributed by atoms with Gasteiger partial charge in [-0.2, -0.15) is 0 Å². The Hall–Kier alpha value is -1.10. The maximum atomic E-state index is 11.4. The zero-order chi connectivity index (χ0) is 10.7. The van der Waals surface area contributed by atoms with E-state index >= 15 is 0 Å². The molecule has 3 N–H and O–H groups in total. The van der Waals surface area contributed by atoms with E-state index in [1.165, 1.54) is 6.92 Å². The Morgan fingerprint density at radius 1 is 1.43 bits per heavy atom. The summed E-state index contributed by atoms with van der Waals surface area (Å²) >= 11 is 0. The van der Waals surface area contributed by atoms with Gasteiger partial charge in [0.05, 0.1) is 6.10 Å². The van der Waals surface area contributed by atoms with Crippen molar-refractivity contribution < 1.29 is 19.8 Å². The lowest BCUT2D eigenvalue weighted by molar-refractivity contribution is -0.141. The van der Waals surface area contributed by atoms with Crippen molar-refractivity contribution in [1.29, 1.82) is 0 Å². The van der Waals surface area contributed by atoms with Gasteiger partial charge in [-0.3, -0.25) is 9.59 Å². The van der Waals surface area contributed by atoms with Gasteiger partial charge in [0.25, 0.3) is 0 Å². The highest BCUT2D eigenvalue weighted by Gasteiger charge is 2.29. The summed E-state index contributed by atoms with van der Waals surface area (Å²) in [5.74, 6) is -1.54. The van der Waals surface area contributed by atoms with Gasteiger partial charge in [-0.05, 0) is 26.2 Å². The molecule has 5 heteroatoms. The summed E-state index contributed by atoms with van der Waals surface area (Å²) in [5, 5.41) is 20.1. The molecule has 1 aliphatic carbocycles. The third-order valence-corrected chi connectivity index (χ3v) is 2.50. The molecule has 0 aliphatic heterocycles. The lowest BCUT2D eigenvalue weighted by Gasteiger charge is -2.13. The van der Waals surface area contributed by atoms with Crippen LogP contribution in [-0.2, 0) is 9.59 Å². The summed E-state index contributed by atoms with van der Waals surface area (Å²) in [6.07, 6.45) is 1.29. The number of hydrogen-bond donors (Lipinski definition) is 3. The predicted molar refractivity (Wildman–Crippen MR) is 48.6 cm³/mol. The summed E-state index contributed by atoms with van der Waals surface area (Å²) in [5.41, 5.74) is 0. The molecule has 0 aromatic rings. The average Bonchev–Trinajstić information content (AvgIpc) is 2.51. The van der Waals surface area contributed by atoms with Crippen molar-refractivity contribution in [1.82, 2.24) is 5.32 Å². The highest BCUT2D eigenvalue weighted by atomic mass is 16.4. The molecule has 0 radical (unpaired) electrons. The van der Waals surface area contributed by atoms with Crippen LogP contribution in [0.25, 0.3) is 0 Å². The molecule has 5 nitrogen and oxygen atoms in total. The number of amides is 1. The Labute approximate surface area is 82.1 Å². The van der Waals surface area contributed by atoms with Crippen LogP contribution in [0.4, 0.5) is 0 Å². The van der Waals surface area contributed by atoms with E-state index in [9.17, 15) is 14.7 Å². The lowest BCUT2D eigenvalue weighted by atomic mass is 10.1. The van der Waals surface area contributed by atoms with Gasteiger partial charge < -0.3 is 15.5 Å². The molecule has 1 saturated carbocycles.